The minimum atomic E-state index is -0.0793. The number of hydrogen-bond donors (Lipinski definition) is 1. The fourth-order valence-electron chi connectivity index (χ4n) is 3.82. The molecule has 5 heteroatoms. The number of likely N-dealkylation sites (tertiary alicyclic amines) is 1. The zero-order valence-corrected chi connectivity index (χ0v) is 15.4. The summed E-state index contributed by atoms with van der Waals surface area (Å²) in [4.78, 5) is 29.1. The Kier molecular flexibility index (Phi) is 5.00. The van der Waals surface area contributed by atoms with Crippen LogP contribution in [0.15, 0.2) is 53.3 Å². The van der Waals surface area contributed by atoms with Gasteiger partial charge in [-0.1, -0.05) is 41.7 Å². The third kappa shape index (κ3) is 3.94. The van der Waals surface area contributed by atoms with Crippen LogP contribution in [-0.4, -0.2) is 35.3 Å². The molecule has 1 aromatic heterocycles. The number of carbonyl (C=O) groups is 1. The highest BCUT2D eigenvalue weighted by atomic mass is 32.1. The summed E-state index contributed by atoms with van der Waals surface area (Å²) in [5, 5.41) is 0. The van der Waals surface area contributed by atoms with Crippen molar-refractivity contribution in [2.45, 2.75) is 19.3 Å². The summed E-state index contributed by atoms with van der Waals surface area (Å²) in [6.45, 7) is 2.41. The Morgan fingerprint density at radius 1 is 1.19 bits per heavy atom. The van der Waals surface area contributed by atoms with Gasteiger partial charge >= 0.3 is 4.87 Å². The van der Waals surface area contributed by atoms with Crippen LogP contribution in [0.3, 0.4) is 0 Å². The van der Waals surface area contributed by atoms with E-state index in [1.807, 2.05) is 24.3 Å². The molecule has 2 aromatic carbocycles. The standard InChI is InChI=1S/C21H22N2O2S/c24-19(17-8-9-18-20(12-17)26-21(25)22-18)14-23-10-4-7-16(13-23)11-15-5-2-1-3-6-15/h1-3,5-6,8-9,12,16H,4,7,10-11,13-14H2,(H,22,25). The lowest BCUT2D eigenvalue weighted by Crippen LogP contribution is -2.39. The maximum Gasteiger partial charge on any atom is 0.305 e. The van der Waals surface area contributed by atoms with E-state index in [9.17, 15) is 9.59 Å². The molecule has 0 bridgehead atoms. The van der Waals surface area contributed by atoms with Crippen LogP contribution in [0, 0.1) is 5.92 Å². The average molecular weight is 366 g/mol. The third-order valence-corrected chi connectivity index (χ3v) is 5.93. The number of fused-ring (bicyclic) bond motifs is 1. The second kappa shape index (κ2) is 7.56. The van der Waals surface area contributed by atoms with Crippen molar-refractivity contribution >= 4 is 27.3 Å². The molecule has 1 aliphatic heterocycles. The second-order valence-electron chi connectivity index (χ2n) is 7.08. The molecular weight excluding hydrogens is 344 g/mol. The number of hydrogen-bond acceptors (Lipinski definition) is 4. The normalized spacial score (nSPS) is 18.2. The molecule has 2 heterocycles. The first-order valence-corrected chi connectivity index (χ1v) is 9.91. The monoisotopic (exact) mass is 366 g/mol. The van der Waals surface area contributed by atoms with Gasteiger partial charge < -0.3 is 4.98 Å². The predicted octanol–water partition coefficient (Wildman–Crippen LogP) is 3.73. The molecule has 4 rings (SSSR count). The average Bonchev–Trinajstić information content (AvgIpc) is 3.02. The summed E-state index contributed by atoms with van der Waals surface area (Å²) in [5.74, 6) is 0.740. The quantitative estimate of drug-likeness (QED) is 0.700. The number of aromatic amines is 1. The molecular formula is C21H22N2O2S. The van der Waals surface area contributed by atoms with Crippen LogP contribution >= 0.6 is 11.3 Å². The molecule has 0 saturated carbocycles. The molecule has 0 spiro atoms. The SMILES string of the molecule is O=C(CN1CCCC(Cc2ccccc2)C1)c1ccc2[nH]c(=O)sc2c1. The Bertz CT molecular complexity index is 961. The van der Waals surface area contributed by atoms with E-state index in [-0.39, 0.29) is 10.7 Å². The minimum absolute atomic E-state index is 0.0793. The maximum atomic E-state index is 12.7. The Labute approximate surface area is 156 Å². The lowest BCUT2D eigenvalue weighted by Gasteiger charge is -2.32. The van der Waals surface area contributed by atoms with Crippen LogP contribution in [-0.2, 0) is 6.42 Å². The van der Waals surface area contributed by atoms with Crippen molar-refractivity contribution in [3.05, 3.63) is 69.3 Å². The first kappa shape index (κ1) is 17.2. The number of piperidine rings is 1. The molecule has 1 fully saturated rings. The van der Waals surface area contributed by atoms with Gasteiger partial charge in [0, 0.05) is 12.1 Å². The second-order valence-corrected chi connectivity index (χ2v) is 8.10. The fraction of sp³-hybridized carbons (Fsp3) is 0.333. The van der Waals surface area contributed by atoms with Crippen molar-refractivity contribution in [1.82, 2.24) is 9.88 Å². The zero-order valence-electron chi connectivity index (χ0n) is 14.6. The Hall–Kier alpha value is -2.24. The van der Waals surface area contributed by atoms with E-state index in [1.165, 1.54) is 12.0 Å². The minimum Gasteiger partial charge on any atom is -0.312 e. The first-order chi connectivity index (χ1) is 12.7. The van der Waals surface area contributed by atoms with E-state index in [0.29, 0.717) is 18.0 Å². The number of carbonyl (C=O) groups excluding carboxylic acids is 1. The highest BCUT2D eigenvalue weighted by molar-refractivity contribution is 7.16. The molecule has 0 amide bonds. The summed E-state index contributed by atoms with van der Waals surface area (Å²) in [6, 6.07) is 16.1. The van der Waals surface area contributed by atoms with Gasteiger partial charge in [0.1, 0.15) is 0 Å². The van der Waals surface area contributed by atoms with E-state index in [1.54, 1.807) is 0 Å². The Morgan fingerprint density at radius 3 is 2.88 bits per heavy atom. The molecule has 1 saturated heterocycles. The van der Waals surface area contributed by atoms with E-state index in [2.05, 4.69) is 34.1 Å². The van der Waals surface area contributed by atoms with Crippen LogP contribution in [0.5, 0.6) is 0 Å². The number of rotatable bonds is 5. The van der Waals surface area contributed by atoms with Crippen molar-refractivity contribution in [2.24, 2.45) is 5.92 Å². The first-order valence-electron chi connectivity index (χ1n) is 9.10. The van der Waals surface area contributed by atoms with Crippen molar-refractivity contribution in [3.8, 4) is 0 Å². The van der Waals surface area contributed by atoms with Crippen LogP contribution < -0.4 is 4.87 Å². The van der Waals surface area contributed by atoms with Crippen LogP contribution in [0.25, 0.3) is 10.2 Å². The highest BCUT2D eigenvalue weighted by Gasteiger charge is 2.22. The lowest BCUT2D eigenvalue weighted by molar-refractivity contribution is 0.0886. The van der Waals surface area contributed by atoms with Crippen molar-refractivity contribution in [2.75, 3.05) is 19.6 Å². The number of H-pyrrole nitrogens is 1. The van der Waals surface area contributed by atoms with Gasteiger partial charge in [-0.3, -0.25) is 14.5 Å². The van der Waals surface area contributed by atoms with Crippen LogP contribution in [0.4, 0.5) is 0 Å². The number of nitrogens with one attached hydrogen (secondary N) is 1. The molecule has 3 aromatic rings. The Balaban J connectivity index is 1.40. The molecule has 26 heavy (non-hydrogen) atoms. The molecule has 1 unspecified atom stereocenters. The molecule has 134 valence electrons. The molecule has 0 radical (unpaired) electrons. The molecule has 0 aliphatic carbocycles. The van der Waals surface area contributed by atoms with Gasteiger partial charge in [0.2, 0.25) is 0 Å². The number of Topliss-reactive ketones (excluding diaryl/α,β-unsaturated/α-hetero) is 1. The topological polar surface area (TPSA) is 53.2 Å². The summed E-state index contributed by atoms with van der Waals surface area (Å²) in [6.07, 6.45) is 3.45. The van der Waals surface area contributed by atoms with Crippen molar-refractivity contribution in [1.29, 1.82) is 0 Å². The van der Waals surface area contributed by atoms with Gasteiger partial charge in [-0.15, -0.1) is 0 Å². The zero-order chi connectivity index (χ0) is 17.9. The van der Waals surface area contributed by atoms with E-state index >= 15 is 0 Å². The van der Waals surface area contributed by atoms with Gasteiger partial charge in [-0.25, -0.2) is 0 Å². The summed E-state index contributed by atoms with van der Waals surface area (Å²) in [7, 11) is 0. The van der Waals surface area contributed by atoms with E-state index in [4.69, 9.17) is 0 Å². The van der Waals surface area contributed by atoms with Crippen LogP contribution in [0.2, 0.25) is 0 Å². The van der Waals surface area contributed by atoms with Crippen molar-refractivity contribution in [3.63, 3.8) is 0 Å². The maximum absolute atomic E-state index is 12.7. The summed E-state index contributed by atoms with van der Waals surface area (Å²) < 4.78 is 0.849. The molecule has 1 N–H and O–H groups in total. The third-order valence-electron chi connectivity index (χ3n) is 5.08. The van der Waals surface area contributed by atoms with Gasteiger partial charge in [0.05, 0.1) is 16.8 Å². The van der Waals surface area contributed by atoms with Crippen molar-refractivity contribution < 1.29 is 4.79 Å². The summed E-state index contributed by atoms with van der Waals surface area (Å²) >= 11 is 1.15. The number of ketones is 1. The number of thiazole rings is 1. The summed E-state index contributed by atoms with van der Waals surface area (Å²) in [5.41, 5.74) is 2.87. The fourth-order valence-corrected chi connectivity index (χ4v) is 4.60. The van der Waals surface area contributed by atoms with E-state index in [0.717, 1.165) is 47.5 Å². The predicted molar refractivity (Wildman–Crippen MR) is 106 cm³/mol. The number of benzene rings is 2. The highest BCUT2D eigenvalue weighted by Crippen LogP contribution is 2.22. The number of nitrogens with zero attached hydrogens (tertiary/aromatic N) is 1. The van der Waals surface area contributed by atoms with E-state index < -0.39 is 0 Å². The Morgan fingerprint density at radius 2 is 2.04 bits per heavy atom. The largest absolute Gasteiger partial charge is 0.312 e. The molecule has 1 aliphatic rings. The van der Waals surface area contributed by atoms with Gasteiger partial charge in [0.25, 0.3) is 0 Å². The lowest BCUT2D eigenvalue weighted by atomic mass is 9.91. The van der Waals surface area contributed by atoms with Gasteiger partial charge in [-0.2, -0.15) is 0 Å². The number of aromatic nitrogens is 1. The smallest absolute Gasteiger partial charge is 0.305 e. The van der Waals surface area contributed by atoms with Gasteiger partial charge in [0.15, 0.2) is 5.78 Å². The van der Waals surface area contributed by atoms with Crippen LogP contribution in [0.1, 0.15) is 28.8 Å². The molecule has 4 nitrogen and oxygen atoms in total. The molecule has 1 atom stereocenters. The van der Waals surface area contributed by atoms with Gasteiger partial charge in [-0.05, 0) is 55.5 Å².